The lowest BCUT2D eigenvalue weighted by atomic mass is 9.81. The molecule has 0 aromatic heterocycles. The van der Waals surface area contributed by atoms with Gasteiger partial charge in [0, 0.05) is 6.42 Å². The van der Waals surface area contributed by atoms with Crippen molar-refractivity contribution in [2.75, 3.05) is 6.61 Å². The van der Waals surface area contributed by atoms with Crippen molar-refractivity contribution in [3.05, 3.63) is 11.6 Å². The van der Waals surface area contributed by atoms with Gasteiger partial charge >= 0.3 is 0 Å². The van der Waals surface area contributed by atoms with E-state index in [9.17, 15) is 10.2 Å². The third-order valence-electron chi connectivity index (χ3n) is 7.47. The van der Waals surface area contributed by atoms with Gasteiger partial charge in [-0.15, -0.1) is 0 Å². The van der Waals surface area contributed by atoms with Crippen molar-refractivity contribution < 1.29 is 14.9 Å². The summed E-state index contributed by atoms with van der Waals surface area (Å²) < 4.78 is 5.97. The van der Waals surface area contributed by atoms with Gasteiger partial charge in [-0.1, -0.05) is 78.4 Å². The van der Waals surface area contributed by atoms with Gasteiger partial charge < -0.3 is 14.9 Å². The maximum atomic E-state index is 10.0. The summed E-state index contributed by atoms with van der Waals surface area (Å²) in [5.74, 6) is 3.94. The number of ether oxygens (including phenoxy) is 1. The normalized spacial score (nSPS) is 26.8. The third kappa shape index (κ3) is 9.40. The van der Waals surface area contributed by atoms with E-state index < -0.39 is 0 Å². The van der Waals surface area contributed by atoms with Crippen LogP contribution in [0, 0.1) is 29.6 Å². The fourth-order valence-electron chi connectivity index (χ4n) is 5.50. The lowest BCUT2D eigenvalue weighted by Gasteiger charge is -2.33. The molecule has 1 aliphatic heterocycles. The van der Waals surface area contributed by atoms with Crippen LogP contribution < -0.4 is 0 Å². The predicted octanol–water partition coefficient (Wildman–Crippen LogP) is 6.52. The highest BCUT2D eigenvalue weighted by Gasteiger charge is 2.30. The van der Waals surface area contributed by atoms with Gasteiger partial charge in [0.1, 0.15) is 0 Å². The first-order chi connectivity index (χ1) is 14.3. The van der Waals surface area contributed by atoms with E-state index in [1.807, 2.05) is 0 Å². The third-order valence-corrected chi connectivity index (χ3v) is 7.47. The van der Waals surface area contributed by atoms with Crippen LogP contribution in [0.5, 0.6) is 0 Å². The molecule has 1 saturated heterocycles. The van der Waals surface area contributed by atoms with Gasteiger partial charge in [-0.25, -0.2) is 0 Å². The summed E-state index contributed by atoms with van der Waals surface area (Å²) in [7, 11) is 0. The fraction of sp³-hybridized carbons (Fsp3) is 0.926. The van der Waals surface area contributed by atoms with Gasteiger partial charge in [0.15, 0.2) is 0 Å². The van der Waals surface area contributed by atoms with Crippen molar-refractivity contribution >= 4 is 0 Å². The molecular weight excluding hydrogens is 372 g/mol. The number of hydrogen-bond donors (Lipinski definition) is 2. The molecule has 2 fully saturated rings. The van der Waals surface area contributed by atoms with Crippen LogP contribution in [0.25, 0.3) is 0 Å². The Morgan fingerprint density at radius 1 is 0.967 bits per heavy atom. The van der Waals surface area contributed by atoms with Crippen LogP contribution in [0.2, 0.25) is 0 Å². The SMILES string of the molecule is CC(C)C(=CCCC[C@H](C)[C@H](CCCC1C[C@@H](O)CC(CO)O1)CC1CC1)C(C)C. The van der Waals surface area contributed by atoms with Crippen molar-refractivity contribution in [2.24, 2.45) is 29.6 Å². The highest BCUT2D eigenvalue weighted by atomic mass is 16.5. The van der Waals surface area contributed by atoms with E-state index in [-0.39, 0.29) is 24.9 Å². The number of unbranched alkanes of at least 4 members (excludes halogenated alkanes) is 1. The lowest BCUT2D eigenvalue weighted by Crippen LogP contribution is -2.37. The molecule has 0 bridgehead atoms. The minimum atomic E-state index is -0.309. The zero-order chi connectivity index (χ0) is 22.1. The van der Waals surface area contributed by atoms with Crippen LogP contribution in [-0.2, 0) is 4.74 Å². The molecule has 2 rings (SSSR count). The topological polar surface area (TPSA) is 49.7 Å². The van der Waals surface area contributed by atoms with E-state index in [0.717, 1.165) is 30.6 Å². The van der Waals surface area contributed by atoms with E-state index in [0.29, 0.717) is 18.3 Å². The van der Waals surface area contributed by atoms with Gasteiger partial charge in [-0.05, 0) is 61.7 Å². The second-order valence-electron chi connectivity index (χ2n) is 11.0. The van der Waals surface area contributed by atoms with Crippen LogP contribution in [0.15, 0.2) is 11.6 Å². The van der Waals surface area contributed by atoms with Gasteiger partial charge in [0.05, 0.1) is 24.9 Å². The molecule has 5 atom stereocenters. The zero-order valence-electron chi connectivity index (χ0n) is 20.5. The highest BCUT2D eigenvalue weighted by Crippen LogP contribution is 2.40. The Morgan fingerprint density at radius 3 is 2.23 bits per heavy atom. The molecule has 1 aliphatic carbocycles. The van der Waals surface area contributed by atoms with Crippen molar-refractivity contribution in [1.82, 2.24) is 0 Å². The van der Waals surface area contributed by atoms with E-state index in [1.165, 1.54) is 51.4 Å². The molecule has 2 aliphatic rings. The molecule has 3 nitrogen and oxygen atoms in total. The summed E-state index contributed by atoms with van der Waals surface area (Å²) in [5, 5.41) is 19.4. The number of aliphatic hydroxyl groups excluding tert-OH is 2. The Kier molecular flexibility index (Phi) is 11.4. The van der Waals surface area contributed by atoms with Crippen LogP contribution >= 0.6 is 0 Å². The molecule has 176 valence electrons. The maximum Gasteiger partial charge on any atom is 0.0834 e. The Bertz CT molecular complexity index is 484. The van der Waals surface area contributed by atoms with Gasteiger partial charge in [-0.2, -0.15) is 0 Å². The Hall–Kier alpha value is -0.380. The quantitative estimate of drug-likeness (QED) is 0.247. The summed E-state index contributed by atoms with van der Waals surface area (Å²) in [6, 6.07) is 0. The number of aliphatic hydroxyl groups is 2. The fourth-order valence-corrected chi connectivity index (χ4v) is 5.50. The minimum absolute atomic E-state index is 0.0265. The second-order valence-corrected chi connectivity index (χ2v) is 11.0. The lowest BCUT2D eigenvalue weighted by molar-refractivity contribution is -0.114. The van der Waals surface area contributed by atoms with Gasteiger partial charge in [0.25, 0.3) is 0 Å². The first-order valence-corrected chi connectivity index (χ1v) is 12.9. The molecule has 0 radical (unpaired) electrons. The van der Waals surface area contributed by atoms with Crippen molar-refractivity contribution in [2.45, 2.75) is 124 Å². The van der Waals surface area contributed by atoms with Crippen molar-refractivity contribution in [3.63, 3.8) is 0 Å². The standard InChI is InChI=1S/C27H50O3/c1-19(2)27(20(3)4)12-7-6-9-21(5)23(15-22-13-14-22)10-8-11-25-16-24(29)17-26(18-28)30-25/h12,19-26,28-29H,6-11,13-18H2,1-5H3/t21-,23+,24+,25?,26?/m0/s1. The van der Waals surface area contributed by atoms with Crippen LogP contribution in [0.4, 0.5) is 0 Å². The largest absolute Gasteiger partial charge is 0.394 e. The first kappa shape index (κ1) is 25.9. The van der Waals surface area contributed by atoms with E-state index in [4.69, 9.17) is 4.74 Å². The molecule has 3 heteroatoms. The molecule has 2 unspecified atom stereocenters. The molecule has 0 amide bonds. The van der Waals surface area contributed by atoms with Crippen LogP contribution in [0.1, 0.15) is 105 Å². The first-order valence-electron chi connectivity index (χ1n) is 12.9. The Labute approximate surface area is 186 Å². The average Bonchev–Trinajstić information content (AvgIpc) is 3.49. The van der Waals surface area contributed by atoms with E-state index in [1.54, 1.807) is 5.57 Å². The number of rotatable bonds is 14. The summed E-state index contributed by atoms with van der Waals surface area (Å²) in [6.07, 6.45) is 15.1. The molecule has 0 spiro atoms. The average molecular weight is 423 g/mol. The summed E-state index contributed by atoms with van der Waals surface area (Å²) in [6.45, 7) is 11.8. The molecule has 30 heavy (non-hydrogen) atoms. The zero-order valence-corrected chi connectivity index (χ0v) is 20.5. The van der Waals surface area contributed by atoms with Gasteiger partial charge in [-0.3, -0.25) is 0 Å². The molecule has 1 saturated carbocycles. The number of allylic oxidation sites excluding steroid dienone is 2. The molecule has 2 N–H and O–H groups in total. The highest BCUT2D eigenvalue weighted by molar-refractivity contribution is 5.07. The van der Waals surface area contributed by atoms with Crippen molar-refractivity contribution in [3.8, 4) is 0 Å². The number of hydrogen-bond acceptors (Lipinski definition) is 3. The molecule has 0 aromatic rings. The predicted molar refractivity (Wildman–Crippen MR) is 126 cm³/mol. The molecule has 0 aromatic carbocycles. The summed E-state index contributed by atoms with van der Waals surface area (Å²) >= 11 is 0. The van der Waals surface area contributed by atoms with Crippen molar-refractivity contribution in [1.29, 1.82) is 0 Å². The Morgan fingerprint density at radius 2 is 1.63 bits per heavy atom. The minimum Gasteiger partial charge on any atom is -0.394 e. The summed E-state index contributed by atoms with van der Waals surface area (Å²) in [5.41, 5.74) is 1.62. The Balaban J connectivity index is 1.75. The van der Waals surface area contributed by atoms with E-state index in [2.05, 4.69) is 40.7 Å². The van der Waals surface area contributed by atoms with Crippen LogP contribution in [0.3, 0.4) is 0 Å². The second kappa shape index (κ2) is 13.2. The monoisotopic (exact) mass is 422 g/mol. The van der Waals surface area contributed by atoms with E-state index >= 15 is 0 Å². The van der Waals surface area contributed by atoms with Gasteiger partial charge in [0.2, 0.25) is 0 Å². The summed E-state index contributed by atoms with van der Waals surface area (Å²) in [4.78, 5) is 0. The molecular formula is C27H50O3. The van der Waals surface area contributed by atoms with Crippen LogP contribution in [-0.4, -0.2) is 35.1 Å². The molecule has 1 heterocycles. The maximum absolute atomic E-state index is 10.0. The smallest absolute Gasteiger partial charge is 0.0834 e.